The normalized spacial score (nSPS) is 13.3. The highest BCUT2D eigenvalue weighted by Gasteiger charge is 2.02. The Balaban J connectivity index is 2.71. The van der Waals surface area contributed by atoms with E-state index >= 15 is 0 Å². The van der Waals surface area contributed by atoms with Crippen LogP contribution in [-0.2, 0) is 6.42 Å². The molecule has 0 spiro atoms. The molecule has 0 fully saturated rings. The van der Waals surface area contributed by atoms with Gasteiger partial charge in [-0.05, 0) is 43.7 Å². The number of aryl methyl sites for hydroxylation is 2. The van der Waals surface area contributed by atoms with Crippen molar-refractivity contribution in [1.82, 2.24) is 0 Å². The lowest BCUT2D eigenvalue weighted by molar-refractivity contribution is 0.717. The van der Waals surface area contributed by atoms with E-state index in [1.165, 1.54) is 16.7 Å². The maximum Gasteiger partial charge on any atom is -0.0216 e. The average molecular weight is 202 g/mol. The Morgan fingerprint density at radius 2 is 2.00 bits per heavy atom. The number of hydrogen-bond acceptors (Lipinski definition) is 0. The van der Waals surface area contributed by atoms with Gasteiger partial charge in [-0.1, -0.05) is 49.8 Å². The van der Waals surface area contributed by atoms with Crippen LogP contribution < -0.4 is 0 Å². The van der Waals surface area contributed by atoms with Crippen molar-refractivity contribution in [2.45, 2.75) is 40.5 Å². The molecular weight excluding hydrogens is 180 g/mol. The van der Waals surface area contributed by atoms with Crippen molar-refractivity contribution in [1.29, 1.82) is 0 Å². The molecule has 82 valence electrons. The SMILES string of the molecule is CC/C=C\C(C)Cc1cc(C)ccc1C. The smallest absolute Gasteiger partial charge is 0.0216 e. The summed E-state index contributed by atoms with van der Waals surface area (Å²) in [6, 6.07) is 6.72. The summed E-state index contributed by atoms with van der Waals surface area (Å²) >= 11 is 0. The van der Waals surface area contributed by atoms with Crippen LogP contribution in [0.15, 0.2) is 30.4 Å². The molecule has 0 heteroatoms. The summed E-state index contributed by atoms with van der Waals surface area (Å²) in [6.07, 6.45) is 6.87. The van der Waals surface area contributed by atoms with Gasteiger partial charge in [0.25, 0.3) is 0 Å². The zero-order chi connectivity index (χ0) is 11.3. The van der Waals surface area contributed by atoms with E-state index in [0.717, 1.165) is 12.8 Å². The van der Waals surface area contributed by atoms with Crippen LogP contribution in [0.5, 0.6) is 0 Å². The van der Waals surface area contributed by atoms with E-state index in [2.05, 4.69) is 58.0 Å². The summed E-state index contributed by atoms with van der Waals surface area (Å²) in [5.74, 6) is 0.644. The number of benzene rings is 1. The Bertz CT molecular complexity index is 334. The van der Waals surface area contributed by atoms with E-state index in [4.69, 9.17) is 0 Å². The van der Waals surface area contributed by atoms with Crippen molar-refractivity contribution >= 4 is 0 Å². The van der Waals surface area contributed by atoms with E-state index < -0.39 is 0 Å². The Hall–Kier alpha value is -1.04. The predicted octanol–water partition coefficient (Wildman–Crippen LogP) is 4.45. The third kappa shape index (κ3) is 3.91. The molecule has 0 amide bonds. The first kappa shape index (κ1) is 12.0. The highest BCUT2D eigenvalue weighted by molar-refractivity contribution is 5.31. The fourth-order valence-corrected chi connectivity index (χ4v) is 1.80. The second kappa shape index (κ2) is 5.75. The molecule has 0 saturated heterocycles. The molecule has 15 heavy (non-hydrogen) atoms. The quantitative estimate of drug-likeness (QED) is 0.633. The van der Waals surface area contributed by atoms with Crippen molar-refractivity contribution in [3.05, 3.63) is 47.0 Å². The Morgan fingerprint density at radius 3 is 2.67 bits per heavy atom. The second-order valence-electron chi connectivity index (χ2n) is 4.45. The van der Waals surface area contributed by atoms with Gasteiger partial charge in [0.05, 0.1) is 0 Å². The first-order valence-corrected chi connectivity index (χ1v) is 5.86. The minimum Gasteiger partial charge on any atom is -0.0885 e. The molecule has 1 aromatic carbocycles. The van der Waals surface area contributed by atoms with Crippen molar-refractivity contribution < 1.29 is 0 Å². The van der Waals surface area contributed by atoms with Crippen LogP contribution in [0, 0.1) is 19.8 Å². The minimum atomic E-state index is 0.644. The summed E-state index contributed by atoms with van der Waals surface area (Å²) in [4.78, 5) is 0. The molecule has 0 N–H and O–H groups in total. The molecule has 0 heterocycles. The first-order valence-electron chi connectivity index (χ1n) is 5.86. The Kier molecular flexibility index (Phi) is 4.61. The van der Waals surface area contributed by atoms with Gasteiger partial charge >= 0.3 is 0 Å². The maximum absolute atomic E-state index is 2.32. The summed E-state index contributed by atoms with van der Waals surface area (Å²) < 4.78 is 0. The summed E-state index contributed by atoms with van der Waals surface area (Å²) in [5.41, 5.74) is 4.27. The number of rotatable bonds is 4. The van der Waals surface area contributed by atoms with Gasteiger partial charge in [0.1, 0.15) is 0 Å². The third-order valence-corrected chi connectivity index (χ3v) is 2.75. The Labute approximate surface area is 94.0 Å². The van der Waals surface area contributed by atoms with Crippen LogP contribution >= 0.6 is 0 Å². The molecule has 0 aliphatic rings. The van der Waals surface area contributed by atoms with Crippen molar-refractivity contribution in [3.8, 4) is 0 Å². The van der Waals surface area contributed by atoms with Crippen LogP contribution in [0.2, 0.25) is 0 Å². The average Bonchev–Trinajstić information content (AvgIpc) is 2.20. The van der Waals surface area contributed by atoms with E-state index in [-0.39, 0.29) is 0 Å². The fourth-order valence-electron chi connectivity index (χ4n) is 1.80. The van der Waals surface area contributed by atoms with Gasteiger partial charge in [0.2, 0.25) is 0 Å². The predicted molar refractivity (Wildman–Crippen MR) is 68.2 cm³/mol. The van der Waals surface area contributed by atoms with Crippen LogP contribution in [0.4, 0.5) is 0 Å². The standard InChI is InChI=1S/C15H22/c1-5-6-7-12(2)10-15-11-13(3)8-9-14(15)4/h6-9,11-12H,5,10H2,1-4H3/b7-6-. The summed E-state index contributed by atoms with van der Waals surface area (Å²) in [7, 11) is 0. The van der Waals surface area contributed by atoms with Crippen molar-refractivity contribution in [3.63, 3.8) is 0 Å². The molecule has 0 bridgehead atoms. The molecule has 0 aliphatic heterocycles. The van der Waals surface area contributed by atoms with Crippen LogP contribution in [0.1, 0.15) is 37.0 Å². The van der Waals surface area contributed by atoms with Crippen molar-refractivity contribution in [2.75, 3.05) is 0 Å². The van der Waals surface area contributed by atoms with E-state index in [9.17, 15) is 0 Å². The monoisotopic (exact) mass is 202 g/mol. The van der Waals surface area contributed by atoms with Crippen LogP contribution in [0.25, 0.3) is 0 Å². The molecule has 0 radical (unpaired) electrons. The molecule has 1 atom stereocenters. The Morgan fingerprint density at radius 1 is 1.27 bits per heavy atom. The van der Waals surface area contributed by atoms with Crippen LogP contribution in [-0.4, -0.2) is 0 Å². The van der Waals surface area contributed by atoms with Crippen molar-refractivity contribution in [2.24, 2.45) is 5.92 Å². The molecule has 0 aliphatic carbocycles. The van der Waals surface area contributed by atoms with Gasteiger partial charge in [0, 0.05) is 0 Å². The lowest BCUT2D eigenvalue weighted by Crippen LogP contribution is -1.98. The molecule has 1 unspecified atom stereocenters. The van der Waals surface area contributed by atoms with Gasteiger partial charge in [-0.15, -0.1) is 0 Å². The lowest BCUT2D eigenvalue weighted by Gasteiger charge is -2.10. The number of hydrogen-bond donors (Lipinski definition) is 0. The molecule has 0 nitrogen and oxygen atoms in total. The maximum atomic E-state index is 2.32. The zero-order valence-corrected chi connectivity index (χ0v) is 10.4. The highest BCUT2D eigenvalue weighted by Crippen LogP contribution is 2.16. The van der Waals surface area contributed by atoms with E-state index in [1.54, 1.807) is 0 Å². The fraction of sp³-hybridized carbons (Fsp3) is 0.467. The highest BCUT2D eigenvalue weighted by atomic mass is 14.1. The molecule has 1 rings (SSSR count). The first-order chi connectivity index (χ1) is 7.13. The summed E-state index contributed by atoms with van der Waals surface area (Å²) in [6.45, 7) is 8.83. The van der Waals surface area contributed by atoms with Gasteiger partial charge < -0.3 is 0 Å². The topological polar surface area (TPSA) is 0 Å². The van der Waals surface area contributed by atoms with Crippen LogP contribution in [0.3, 0.4) is 0 Å². The molecule has 0 saturated carbocycles. The largest absolute Gasteiger partial charge is 0.0885 e. The molecular formula is C15H22. The molecule has 0 aromatic heterocycles. The molecule has 1 aromatic rings. The van der Waals surface area contributed by atoms with Gasteiger partial charge in [-0.25, -0.2) is 0 Å². The van der Waals surface area contributed by atoms with Gasteiger partial charge in [-0.2, -0.15) is 0 Å². The summed E-state index contributed by atoms with van der Waals surface area (Å²) in [5, 5.41) is 0. The lowest BCUT2D eigenvalue weighted by atomic mass is 9.95. The number of allylic oxidation sites excluding steroid dienone is 2. The minimum absolute atomic E-state index is 0.644. The van der Waals surface area contributed by atoms with Gasteiger partial charge in [-0.3, -0.25) is 0 Å². The van der Waals surface area contributed by atoms with E-state index in [0.29, 0.717) is 5.92 Å². The van der Waals surface area contributed by atoms with E-state index in [1.807, 2.05) is 0 Å². The second-order valence-corrected chi connectivity index (χ2v) is 4.45. The zero-order valence-electron chi connectivity index (χ0n) is 10.4. The van der Waals surface area contributed by atoms with Gasteiger partial charge in [0.15, 0.2) is 0 Å². The third-order valence-electron chi connectivity index (χ3n) is 2.75.